The highest BCUT2D eigenvalue weighted by Crippen LogP contribution is 2.26. The smallest absolute Gasteiger partial charge is 0.195 e. The Labute approximate surface area is 122 Å². The Kier molecular flexibility index (Phi) is 3.08. The van der Waals surface area contributed by atoms with Crippen molar-refractivity contribution in [2.45, 2.75) is 13.8 Å². The SMILES string of the molecule is Cc1cccc(C(=O)c2c[nH]c3cccc(C#N)c23)c1C. The van der Waals surface area contributed by atoms with Crippen LogP contribution in [0.3, 0.4) is 0 Å². The average Bonchev–Trinajstić information content (AvgIpc) is 2.93. The van der Waals surface area contributed by atoms with Crippen molar-refractivity contribution in [3.63, 3.8) is 0 Å². The zero-order valence-corrected chi connectivity index (χ0v) is 11.9. The predicted octanol–water partition coefficient (Wildman–Crippen LogP) is 3.89. The van der Waals surface area contributed by atoms with Gasteiger partial charge in [0.05, 0.1) is 11.6 Å². The summed E-state index contributed by atoms with van der Waals surface area (Å²) in [5.74, 6) is -0.0508. The highest BCUT2D eigenvalue weighted by atomic mass is 16.1. The number of aromatic amines is 1. The van der Waals surface area contributed by atoms with Crippen LogP contribution in [0.25, 0.3) is 10.9 Å². The van der Waals surface area contributed by atoms with Gasteiger partial charge in [-0.2, -0.15) is 5.26 Å². The van der Waals surface area contributed by atoms with Gasteiger partial charge in [0, 0.05) is 28.2 Å². The van der Waals surface area contributed by atoms with Crippen LogP contribution in [0, 0.1) is 25.2 Å². The first kappa shape index (κ1) is 13.1. The molecule has 3 rings (SSSR count). The highest BCUT2D eigenvalue weighted by Gasteiger charge is 2.18. The van der Waals surface area contributed by atoms with E-state index in [4.69, 9.17) is 0 Å². The van der Waals surface area contributed by atoms with Crippen LogP contribution in [0.15, 0.2) is 42.6 Å². The second-order valence-corrected chi connectivity index (χ2v) is 5.12. The minimum absolute atomic E-state index is 0.0508. The number of hydrogen-bond donors (Lipinski definition) is 1. The Balaban J connectivity index is 2.24. The van der Waals surface area contributed by atoms with Gasteiger partial charge in [0.2, 0.25) is 0 Å². The molecule has 0 bridgehead atoms. The predicted molar refractivity (Wildman–Crippen MR) is 82.4 cm³/mol. The van der Waals surface area contributed by atoms with Gasteiger partial charge in [-0.25, -0.2) is 0 Å². The van der Waals surface area contributed by atoms with Crippen LogP contribution < -0.4 is 0 Å². The minimum atomic E-state index is -0.0508. The lowest BCUT2D eigenvalue weighted by Gasteiger charge is -2.07. The molecule has 0 aliphatic carbocycles. The van der Waals surface area contributed by atoms with Crippen molar-refractivity contribution in [1.29, 1.82) is 5.26 Å². The van der Waals surface area contributed by atoms with Gasteiger partial charge in [-0.1, -0.05) is 24.3 Å². The number of nitrogens with zero attached hydrogens (tertiary/aromatic N) is 1. The molecule has 2 aromatic carbocycles. The Morgan fingerprint density at radius 2 is 1.86 bits per heavy atom. The summed E-state index contributed by atoms with van der Waals surface area (Å²) in [6.07, 6.45) is 1.69. The van der Waals surface area contributed by atoms with Crippen molar-refractivity contribution in [3.8, 4) is 6.07 Å². The fourth-order valence-electron chi connectivity index (χ4n) is 2.60. The zero-order chi connectivity index (χ0) is 15.0. The van der Waals surface area contributed by atoms with Crippen molar-refractivity contribution >= 4 is 16.7 Å². The minimum Gasteiger partial charge on any atom is -0.360 e. The molecule has 1 N–H and O–H groups in total. The Bertz CT molecular complexity index is 897. The second-order valence-electron chi connectivity index (χ2n) is 5.12. The number of fused-ring (bicyclic) bond motifs is 1. The topological polar surface area (TPSA) is 56.6 Å². The molecule has 0 unspecified atom stereocenters. The summed E-state index contributed by atoms with van der Waals surface area (Å²) in [6.45, 7) is 3.94. The van der Waals surface area contributed by atoms with E-state index < -0.39 is 0 Å². The lowest BCUT2D eigenvalue weighted by molar-refractivity contribution is 0.103. The van der Waals surface area contributed by atoms with Gasteiger partial charge in [0.1, 0.15) is 0 Å². The molecule has 1 heterocycles. The summed E-state index contributed by atoms with van der Waals surface area (Å²) in [5.41, 5.74) is 4.62. The number of benzene rings is 2. The van der Waals surface area contributed by atoms with E-state index in [0.29, 0.717) is 22.1 Å². The largest absolute Gasteiger partial charge is 0.360 e. The number of carbonyl (C=O) groups excluding carboxylic acids is 1. The number of rotatable bonds is 2. The molecule has 0 aliphatic rings. The molecule has 0 radical (unpaired) electrons. The summed E-state index contributed by atoms with van der Waals surface area (Å²) < 4.78 is 0. The molecule has 0 amide bonds. The molecule has 0 aliphatic heterocycles. The van der Waals surface area contributed by atoms with E-state index in [9.17, 15) is 10.1 Å². The Morgan fingerprint density at radius 3 is 2.62 bits per heavy atom. The van der Waals surface area contributed by atoms with Crippen molar-refractivity contribution in [2.24, 2.45) is 0 Å². The molecule has 0 saturated carbocycles. The number of aromatic nitrogens is 1. The number of nitrogens with one attached hydrogen (secondary N) is 1. The normalized spacial score (nSPS) is 10.5. The fourth-order valence-corrected chi connectivity index (χ4v) is 2.60. The standard InChI is InChI=1S/C18H14N2O/c1-11-5-3-7-14(12(11)2)18(21)15-10-20-16-8-4-6-13(9-19)17(15)16/h3-8,10,20H,1-2H3. The number of H-pyrrole nitrogens is 1. The molecule has 1 aromatic heterocycles. The van der Waals surface area contributed by atoms with Gasteiger partial charge in [0.15, 0.2) is 5.78 Å². The van der Waals surface area contributed by atoms with E-state index in [1.807, 2.05) is 44.2 Å². The summed E-state index contributed by atoms with van der Waals surface area (Å²) in [7, 11) is 0. The molecule has 21 heavy (non-hydrogen) atoms. The monoisotopic (exact) mass is 274 g/mol. The molecule has 3 aromatic rings. The van der Waals surface area contributed by atoms with Gasteiger partial charge >= 0.3 is 0 Å². The van der Waals surface area contributed by atoms with E-state index in [1.54, 1.807) is 12.3 Å². The summed E-state index contributed by atoms with van der Waals surface area (Å²) in [6, 6.07) is 13.3. The third kappa shape index (κ3) is 2.02. The third-order valence-corrected chi connectivity index (χ3v) is 3.92. The lowest BCUT2D eigenvalue weighted by atomic mass is 9.95. The molecular formula is C18H14N2O. The van der Waals surface area contributed by atoms with Gasteiger partial charge in [0.25, 0.3) is 0 Å². The fraction of sp³-hybridized carbons (Fsp3) is 0.111. The van der Waals surface area contributed by atoms with E-state index in [2.05, 4.69) is 11.1 Å². The van der Waals surface area contributed by atoms with E-state index in [1.165, 1.54) is 0 Å². The van der Waals surface area contributed by atoms with E-state index in [0.717, 1.165) is 16.6 Å². The van der Waals surface area contributed by atoms with Crippen LogP contribution in [-0.4, -0.2) is 10.8 Å². The molecule has 3 heteroatoms. The van der Waals surface area contributed by atoms with Crippen molar-refractivity contribution < 1.29 is 4.79 Å². The first-order valence-corrected chi connectivity index (χ1v) is 6.74. The molecule has 0 atom stereocenters. The maximum atomic E-state index is 12.8. The quantitative estimate of drug-likeness (QED) is 0.721. The van der Waals surface area contributed by atoms with Crippen LogP contribution in [0.1, 0.15) is 32.6 Å². The maximum absolute atomic E-state index is 12.8. The van der Waals surface area contributed by atoms with Crippen molar-refractivity contribution in [2.75, 3.05) is 0 Å². The number of aryl methyl sites for hydroxylation is 1. The van der Waals surface area contributed by atoms with Gasteiger partial charge in [-0.3, -0.25) is 4.79 Å². The van der Waals surface area contributed by atoms with Crippen LogP contribution in [-0.2, 0) is 0 Å². The van der Waals surface area contributed by atoms with Crippen molar-refractivity contribution in [1.82, 2.24) is 4.98 Å². The maximum Gasteiger partial charge on any atom is 0.195 e. The van der Waals surface area contributed by atoms with Gasteiger partial charge in [-0.15, -0.1) is 0 Å². The van der Waals surface area contributed by atoms with Crippen LogP contribution in [0.4, 0.5) is 0 Å². The highest BCUT2D eigenvalue weighted by molar-refractivity contribution is 6.18. The van der Waals surface area contributed by atoms with Crippen LogP contribution in [0.5, 0.6) is 0 Å². The summed E-state index contributed by atoms with van der Waals surface area (Å²) >= 11 is 0. The lowest BCUT2D eigenvalue weighted by Crippen LogP contribution is -2.04. The molecule has 0 fully saturated rings. The number of hydrogen-bond acceptors (Lipinski definition) is 2. The number of carbonyl (C=O) groups is 1. The van der Waals surface area contributed by atoms with Gasteiger partial charge < -0.3 is 4.98 Å². The zero-order valence-electron chi connectivity index (χ0n) is 11.9. The van der Waals surface area contributed by atoms with Crippen molar-refractivity contribution in [3.05, 3.63) is 70.4 Å². The van der Waals surface area contributed by atoms with Crippen LogP contribution >= 0.6 is 0 Å². The first-order chi connectivity index (χ1) is 10.1. The second kappa shape index (κ2) is 4.92. The molecule has 0 spiro atoms. The Hall–Kier alpha value is -2.86. The molecule has 0 saturated heterocycles. The average molecular weight is 274 g/mol. The summed E-state index contributed by atoms with van der Waals surface area (Å²) in [4.78, 5) is 15.9. The summed E-state index contributed by atoms with van der Waals surface area (Å²) in [5, 5.41) is 9.95. The third-order valence-electron chi connectivity index (χ3n) is 3.92. The molecule has 3 nitrogen and oxygen atoms in total. The molecular weight excluding hydrogens is 260 g/mol. The molecule has 102 valence electrons. The first-order valence-electron chi connectivity index (χ1n) is 6.74. The number of nitriles is 1. The van der Waals surface area contributed by atoms with Crippen LogP contribution in [0.2, 0.25) is 0 Å². The van der Waals surface area contributed by atoms with E-state index >= 15 is 0 Å². The van der Waals surface area contributed by atoms with E-state index in [-0.39, 0.29) is 5.78 Å². The van der Waals surface area contributed by atoms with Gasteiger partial charge in [-0.05, 0) is 37.1 Å². The Morgan fingerprint density at radius 1 is 1.10 bits per heavy atom. The number of ketones is 1.